The standard InChI is InChI=1S/2C19H20FN5O2/c1-3-13-10-27-16-5-4-12(20)8-14(16)11(2)22-17-6-7-25-18(24-17)15(9-21-25)19(26)23-13;1-3-13-9-21-19(26)15-10-22-25-7-6-17(24-18(15)25)23-11(2)14-8-12(20)4-5-16(14)27-13/h4-9,11,13H,3,10H2,1-2H3,(H,22,24)(H,23,26);4-8,10-11,13H,3,9H2,1-2H3,(H,21,26)(H,23,24)/t2*11-,13-/m11/s1. The Morgan fingerprint density at radius 1 is 0.741 bits per heavy atom. The first-order valence-corrected chi connectivity index (χ1v) is 17.8. The Hall–Kier alpha value is -6.32. The number of hydrogen-bond acceptors (Lipinski definition) is 10. The Balaban J connectivity index is 0.000000167. The molecule has 0 saturated heterocycles. The predicted octanol–water partition coefficient (Wildman–Crippen LogP) is 5.88. The van der Waals surface area contributed by atoms with E-state index in [1.54, 1.807) is 45.7 Å². The Morgan fingerprint density at radius 3 is 1.87 bits per heavy atom. The van der Waals surface area contributed by atoms with Crippen LogP contribution in [0.15, 0.2) is 73.3 Å². The summed E-state index contributed by atoms with van der Waals surface area (Å²) < 4.78 is 42.8. The topological polar surface area (TPSA) is 161 Å². The molecule has 4 aromatic heterocycles. The van der Waals surface area contributed by atoms with Gasteiger partial charge in [-0.3, -0.25) is 9.59 Å². The van der Waals surface area contributed by atoms with Crippen LogP contribution in [0.25, 0.3) is 11.3 Å². The Labute approximate surface area is 309 Å². The van der Waals surface area contributed by atoms with Gasteiger partial charge in [0.25, 0.3) is 11.8 Å². The zero-order valence-corrected chi connectivity index (χ0v) is 30.1. The number of carbonyl (C=O) groups is 2. The fraction of sp³-hybridized carbons (Fsp3) is 0.316. The molecule has 0 aliphatic carbocycles. The van der Waals surface area contributed by atoms with Gasteiger partial charge >= 0.3 is 0 Å². The van der Waals surface area contributed by atoms with Gasteiger partial charge in [0.05, 0.1) is 37.1 Å². The van der Waals surface area contributed by atoms with Gasteiger partial charge in [-0.2, -0.15) is 10.2 Å². The molecule has 16 heteroatoms. The van der Waals surface area contributed by atoms with E-state index in [1.807, 2.05) is 27.7 Å². The minimum Gasteiger partial charge on any atom is -0.491 e. The number of nitrogens with one attached hydrogen (secondary N) is 4. The molecule has 0 saturated carbocycles. The first-order chi connectivity index (χ1) is 26.1. The summed E-state index contributed by atoms with van der Waals surface area (Å²) in [6.07, 6.45) is 7.59. The summed E-state index contributed by atoms with van der Waals surface area (Å²) in [5, 5.41) is 20.7. The summed E-state index contributed by atoms with van der Waals surface area (Å²) in [7, 11) is 0. The highest BCUT2D eigenvalue weighted by molar-refractivity contribution is 6.00. The van der Waals surface area contributed by atoms with Crippen molar-refractivity contribution in [2.45, 2.75) is 64.8 Å². The molecule has 2 aliphatic heterocycles. The largest absolute Gasteiger partial charge is 0.491 e. The third-order valence-electron chi connectivity index (χ3n) is 9.34. The van der Waals surface area contributed by atoms with E-state index in [1.165, 1.54) is 36.7 Å². The number of nitrogens with zero attached hydrogens (tertiary/aromatic N) is 6. The summed E-state index contributed by atoms with van der Waals surface area (Å²) >= 11 is 0. The number of fused-ring (bicyclic) bond motifs is 4. The van der Waals surface area contributed by atoms with E-state index in [4.69, 9.17) is 9.47 Å². The van der Waals surface area contributed by atoms with Crippen LogP contribution in [0.3, 0.4) is 0 Å². The van der Waals surface area contributed by atoms with Gasteiger partial charge in [-0.05, 0) is 75.2 Å². The summed E-state index contributed by atoms with van der Waals surface area (Å²) in [4.78, 5) is 34.3. The van der Waals surface area contributed by atoms with Crippen LogP contribution >= 0.6 is 0 Å². The Kier molecular flexibility index (Phi) is 10.2. The van der Waals surface area contributed by atoms with Gasteiger partial charge in [0, 0.05) is 23.5 Å². The fourth-order valence-corrected chi connectivity index (χ4v) is 6.24. The second-order valence-electron chi connectivity index (χ2n) is 13.1. The average molecular weight is 739 g/mol. The lowest BCUT2D eigenvalue weighted by Gasteiger charge is -2.23. The zero-order chi connectivity index (χ0) is 37.9. The lowest BCUT2D eigenvalue weighted by atomic mass is 10.1. The van der Waals surface area contributed by atoms with Crippen LogP contribution in [0, 0.1) is 11.6 Å². The van der Waals surface area contributed by atoms with Crippen molar-refractivity contribution in [2.24, 2.45) is 0 Å². The lowest BCUT2D eigenvalue weighted by molar-refractivity contribution is 0.0916. The normalized spacial score (nSPS) is 19.9. The summed E-state index contributed by atoms with van der Waals surface area (Å²) in [6, 6.07) is 11.7. The van der Waals surface area contributed by atoms with Gasteiger partial charge in [0.1, 0.15) is 58.6 Å². The highest BCUT2D eigenvalue weighted by Crippen LogP contribution is 2.31. The lowest BCUT2D eigenvalue weighted by Crippen LogP contribution is -2.38. The van der Waals surface area contributed by atoms with Crippen molar-refractivity contribution in [1.29, 1.82) is 0 Å². The molecule has 0 fully saturated rings. The molecule has 0 radical (unpaired) electrons. The minimum absolute atomic E-state index is 0.197. The van der Waals surface area contributed by atoms with Gasteiger partial charge in [0.15, 0.2) is 11.3 Å². The maximum Gasteiger partial charge on any atom is 0.257 e. The molecule has 4 atom stereocenters. The molecule has 6 aromatic rings. The van der Waals surface area contributed by atoms with Crippen LogP contribution in [0.2, 0.25) is 0 Å². The molecular weight excluding hydrogens is 698 g/mol. The summed E-state index contributed by atoms with van der Waals surface area (Å²) in [6.45, 7) is 8.37. The minimum atomic E-state index is -0.336. The third-order valence-corrected chi connectivity index (χ3v) is 9.34. The molecule has 2 aliphatic rings. The number of carbonyl (C=O) groups excluding carboxylic acids is 2. The van der Waals surface area contributed by atoms with Crippen LogP contribution in [0.4, 0.5) is 20.4 Å². The number of ether oxygens (including phenoxy) is 2. The molecule has 0 spiro atoms. The molecule has 4 N–H and O–H groups in total. The van der Waals surface area contributed by atoms with Gasteiger partial charge < -0.3 is 30.7 Å². The third kappa shape index (κ3) is 7.58. The van der Waals surface area contributed by atoms with Crippen LogP contribution in [0.5, 0.6) is 11.5 Å². The van der Waals surface area contributed by atoms with Gasteiger partial charge in [0.2, 0.25) is 0 Å². The number of benzene rings is 2. The molecule has 54 heavy (non-hydrogen) atoms. The molecule has 6 heterocycles. The van der Waals surface area contributed by atoms with Crippen molar-refractivity contribution < 1.29 is 27.8 Å². The molecule has 0 unspecified atom stereocenters. The number of rotatable bonds is 2. The molecule has 280 valence electrons. The number of aromatic nitrogens is 6. The first kappa shape index (κ1) is 36.1. The fourth-order valence-electron chi connectivity index (χ4n) is 6.24. The number of hydrogen-bond donors (Lipinski definition) is 4. The molecule has 8 rings (SSSR count). The Bertz CT molecular complexity index is 2330. The van der Waals surface area contributed by atoms with Crippen LogP contribution < -0.4 is 30.7 Å². The van der Waals surface area contributed by atoms with E-state index < -0.39 is 0 Å². The van der Waals surface area contributed by atoms with Crippen molar-refractivity contribution in [2.75, 3.05) is 23.8 Å². The second-order valence-corrected chi connectivity index (χ2v) is 13.1. The van der Waals surface area contributed by atoms with Crippen molar-refractivity contribution >= 4 is 34.7 Å². The summed E-state index contributed by atoms with van der Waals surface area (Å²) in [5.41, 5.74) is 3.08. The van der Waals surface area contributed by atoms with E-state index in [0.717, 1.165) is 0 Å². The maximum atomic E-state index is 13.9. The number of anilines is 2. The van der Waals surface area contributed by atoms with E-state index >= 15 is 0 Å². The van der Waals surface area contributed by atoms with Crippen LogP contribution in [-0.2, 0) is 0 Å². The number of amides is 2. The number of halogens is 2. The van der Waals surface area contributed by atoms with Gasteiger partial charge in [-0.15, -0.1) is 0 Å². The monoisotopic (exact) mass is 738 g/mol. The van der Waals surface area contributed by atoms with Crippen LogP contribution in [-0.4, -0.2) is 66.3 Å². The van der Waals surface area contributed by atoms with Crippen molar-refractivity contribution in [1.82, 2.24) is 39.8 Å². The van der Waals surface area contributed by atoms with Gasteiger partial charge in [-0.25, -0.2) is 27.8 Å². The quantitative estimate of drug-likeness (QED) is 0.169. The average Bonchev–Trinajstić information content (AvgIpc) is 3.79. The molecule has 14 nitrogen and oxygen atoms in total. The molecular formula is C38H40F2N10O4. The van der Waals surface area contributed by atoms with E-state index in [2.05, 4.69) is 41.4 Å². The summed E-state index contributed by atoms with van der Waals surface area (Å²) in [5.74, 6) is 1.10. The van der Waals surface area contributed by atoms with Crippen molar-refractivity contribution in [3.8, 4) is 11.5 Å². The predicted molar refractivity (Wildman–Crippen MR) is 197 cm³/mol. The highest BCUT2D eigenvalue weighted by Gasteiger charge is 2.23. The molecule has 4 bridgehead atoms. The van der Waals surface area contributed by atoms with Gasteiger partial charge in [-0.1, -0.05) is 13.8 Å². The Morgan fingerprint density at radius 2 is 1.30 bits per heavy atom. The molecule has 2 aromatic carbocycles. The SMILES string of the molecule is CC[C@@H]1CNC(=O)c2cnn3ccc(nc23)N[C@H](C)c2cc(F)ccc2O1.CC[C@@H]1COc2ccc(F)cc2[C@@H](C)Nc2ccn3ncc(c3n2)C(=O)N1. The smallest absolute Gasteiger partial charge is 0.257 e. The zero-order valence-electron chi connectivity index (χ0n) is 30.1. The van der Waals surface area contributed by atoms with Crippen molar-refractivity contribution in [3.05, 3.63) is 107 Å². The highest BCUT2D eigenvalue weighted by atomic mass is 19.1. The van der Waals surface area contributed by atoms with Crippen molar-refractivity contribution in [3.63, 3.8) is 0 Å². The second kappa shape index (κ2) is 15.3. The van der Waals surface area contributed by atoms with Crippen LogP contribution in [0.1, 0.15) is 84.5 Å². The first-order valence-electron chi connectivity index (χ1n) is 17.8. The van der Waals surface area contributed by atoms with E-state index in [9.17, 15) is 18.4 Å². The maximum absolute atomic E-state index is 13.9. The van der Waals surface area contributed by atoms with E-state index in [-0.39, 0.29) is 54.3 Å². The molecule has 2 amide bonds. The van der Waals surface area contributed by atoms with E-state index in [0.29, 0.717) is 76.1 Å².